The van der Waals surface area contributed by atoms with Crippen LogP contribution in [-0.2, 0) is 6.42 Å². The molecule has 0 spiro atoms. The lowest BCUT2D eigenvalue weighted by atomic mass is 10.1. The van der Waals surface area contributed by atoms with E-state index in [1.165, 1.54) is 5.56 Å². The molecule has 4 rings (SSSR count). The van der Waals surface area contributed by atoms with Gasteiger partial charge in [0.1, 0.15) is 5.69 Å². The highest BCUT2D eigenvalue weighted by Crippen LogP contribution is 2.30. The van der Waals surface area contributed by atoms with Gasteiger partial charge >= 0.3 is 0 Å². The highest BCUT2D eigenvalue weighted by Gasteiger charge is 2.27. The normalized spacial score (nSPS) is 13.7. The molecule has 2 aromatic carbocycles. The second-order valence-corrected chi connectivity index (χ2v) is 5.51. The zero-order chi connectivity index (χ0) is 14.4. The molecule has 0 unspecified atom stereocenters. The fourth-order valence-corrected chi connectivity index (χ4v) is 3.18. The van der Waals surface area contributed by atoms with Crippen LogP contribution >= 0.6 is 0 Å². The van der Waals surface area contributed by atoms with Gasteiger partial charge < -0.3 is 9.88 Å². The summed E-state index contributed by atoms with van der Waals surface area (Å²) in [5.74, 6) is 0.0636. The van der Waals surface area contributed by atoms with Crippen molar-refractivity contribution in [2.24, 2.45) is 0 Å². The quantitative estimate of drug-likeness (QED) is 0.723. The summed E-state index contributed by atoms with van der Waals surface area (Å²) in [6, 6.07) is 16.2. The Kier molecular flexibility index (Phi) is 2.61. The minimum atomic E-state index is 0.0636. The molecule has 2 heterocycles. The zero-order valence-corrected chi connectivity index (χ0v) is 11.9. The third kappa shape index (κ3) is 1.77. The number of nitrogens with zero attached hydrogens (tertiary/aromatic N) is 1. The number of amides is 1. The average molecular weight is 276 g/mol. The van der Waals surface area contributed by atoms with Crippen LogP contribution in [0.1, 0.15) is 21.6 Å². The standard InChI is InChI=1S/C18H16N2O/c1-12-14-7-3-4-8-15(14)19-17(12)18(21)20-11-10-13-6-2-5-9-16(13)20/h2-9,19H,10-11H2,1H3. The molecule has 1 amide bonds. The van der Waals surface area contributed by atoms with Crippen LogP contribution in [0.2, 0.25) is 0 Å². The van der Waals surface area contributed by atoms with Crippen LogP contribution in [0.15, 0.2) is 48.5 Å². The van der Waals surface area contributed by atoms with Gasteiger partial charge in [-0.3, -0.25) is 4.79 Å². The van der Waals surface area contributed by atoms with Crippen LogP contribution in [0.3, 0.4) is 0 Å². The molecule has 104 valence electrons. The van der Waals surface area contributed by atoms with E-state index in [2.05, 4.69) is 17.1 Å². The van der Waals surface area contributed by atoms with Gasteiger partial charge in [0.2, 0.25) is 0 Å². The second kappa shape index (κ2) is 4.48. The first-order valence-electron chi connectivity index (χ1n) is 7.23. The van der Waals surface area contributed by atoms with E-state index in [1.807, 2.05) is 48.2 Å². The number of para-hydroxylation sites is 2. The number of carbonyl (C=O) groups excluding carboxylic acids is 1. The lowest BCUT2D eigenvalue weighted by Crippen LogP contribution is -2.29. The molecule has 21 heavy (non-hydrogen) atoms. The SMILES string of the molecule is Cc1c(C(=O)N2CCc3ccccc32)[nH]c2ccccc12. The van der Waals surface area contributed by atoms with Crippen LogP contribution in [-0.4, -0.2) is 17.4 Å². The summed E-state index contributed by atoms with van der Waals surface area (Å²) in [4.78, 5) is 18.1. The van der Waals surface area contributed by atoms with Gasteiger partial charge in [0, 0.05) is 23.1 Å². The molecular weight excluding hydrogens is 260 g/mol. The van der Waals surface area contributed by atoms with Crippen molar-refractivity contribution in [3.8, 4) is 0 Å². The molecule has 0 aliphatic carbocycles. The van der Waals surface area contributed by atoms with Crippen molar-refractivity contribution in [3.05, 3.63) is 65.4 Å². The number of H-pyrrole nitrogens is 1. The molecular formula is C18H16N2O. The minimum absolute atomic E-state index is 0.0636. The van der Waals surface area contributed by atoms with Crippen LogP contribution in [0, 0.1) is 6.92 Å². The Morgan fingerprint density at radius 1 is 1.10 bits per heavy atom. The number of fused-ring (bicyclic) bond motifs is 2. The second-order valence-electron chi connectivity index (χ2n) is 5.51. The number of nitrogens with one attached hydrogen (secondary N) is 1. The largest absolute Gasteiger partial charge is 0.350 e. The van der Waals surface area contributed by atoms with E-state index in [9.17, 15) is 4.79 Å². The smallest absolute Gasteiger partial charge is 0.275 e. The number of rotatable bonds is 1. The van der Waals surface area contributed by atoms with Crippen molar-refractivity contribution < 1.29 is 4.79 Å². The molecule has 3 heteroatoms. The van der Waals surface area contributed by atoms with Gasteiger partial charge in [-0.2, -0.15) is 0 Å². The summed E-state index contributed by atoms with van der Waals surface area (Å²) in [7, 11) is 0. The molecule has 3 nitrogen and oxygen atoms in total. The average Bonchev–Trinajstić information content (AvgIpc) is 3.09. The molecule has 0 radical (unpaired) electrons. The van der Waals surface area contributed by atoms with E-state index in [0.717, 1.165) is 35.1 Å². The number of aromatic nitrogens is 1. The summed E-state index contributed by atoms with van der Waals surface area (Å²) in [5, 5.41) is 1.12. The Morgan fingerprint density at radius 3 is 2.71 bits per heavy atom. The van der Waals surface area contributed by atoms with Crippen molar-refractivity contribution >= 4 is 22.5 Å². The van der Waals surface area contributed by atoms with E-state index in [0.29, 0.717) is 5.69 Å². The maximum absolute atomic E-state index is 12.9. The van der Waals surface area contributed by atoms with E-state index in [-0.39, 0.29) is 5.91 Å². The van der Waals surface area contributed by atoms with Gasteiger partial charge in [-0.15, -0.1) is 0 Å². The van der Waals surface area contributed by atoms with E-state index < -0.39 is 0 Å². The van der Waals surface area contributed by atoms with E-state index in [1.54, 1.807) is 0 Å². The Bertz CT molecular complexity index is 847. The molecule has 0 saturated heterocycles. The van der Waals surface area contributed by atoms with Gasteiger partial charge in [-0.1, -0.05) is 36.4 Å². The first kappa shape index (κ1) is 12.2. The maximum atomic E-state index is 12.9. The lowest BCUT2D eigenvalue weighted by molar-refractivity contribution is 0.0985. The Morgan fingerprint density at radius 2 is 1.86 bits per heavy atom. The number of aromatic amines is 1. The van der Waals surface area contributed by atoms with Gasteiger partial charge in [0.25, 0.3) is 5.91 Å². The molecule has 0 fully saturated rings. The van der Waals surface area contributed by atoms with Crippen molar-refractivity contribution in [1.29, 1.82) is 0 Å². The van der Waals surface area contributed by atoms with Crippen molar-refractivity contribution in [3.63, 3.8) is 0 Å². The summed E-state index contributed by atoms with van der Waals surface area (Å²) in [6.07, 6.45) is 0.932. The van der Waals surface area contributed by atoms with Crippen molar-refractivity contribution in [2.75, 3.05) is 11.4 Å². The molecule has 1 N–H and O–H groups in total. The fraction of sp³-hybridized carbons (Fsp3) is 0.167. The Hall–Kier alpha value is -2.55. The first-order chi connectivity index (χ1) is 10.3. The predicted octanol–water partition coefficient (Wildman–Crippen LogP) is 3.68. The summed E-state index contributed by atoms with van der Waals surface area (Å²) < 4.78 is 0. The Balaban J connectivity index is 1.80. The topological polar surface area (TPSA) is 36.1 Å². The van der Waals surface area contributed by atoms with E-state index >= 15 is 0 Å². The summed E-state index contributed by atoms with van der Waals surface area (Å²) >= 11 is 0. The monoisotopic (exact) mass is 276 g/mol. The number of benzene rings is 2. The highest BCUT2D eigenvalue weighted by molar-refractivity contribution is 6.10. The first-order valence-corrected chi connectivity index (χ1v) is 7.23. The minimum Gasteiger partial charge on any atom is -0.350 e. The number of carbonyl (C=O) groups is 1. The molecule has 1 aromatic heterocycles. The maximum Gasteiger partial charge on any atom is 0.275 e. The van der Waals surface area contributed by atoms with Gasteiger partial charge in [0.15, 0.2) is 0 Å². The lowest BCUT2D eigenvalue weighted by Gasteiger charge is -2.17. The zero-order valence-electron chi connectivity index (χ0n) is 11.9. The fourth-order valence-electron chi connectivity index (χ4n) is 3.18. The van der Waals surface area contributed by atoms with Gasteiger partial charge in [-0.25, -0.2) is 0 Å². The third-order valence-corrected chi connectivity index (χ3v) is 4.31. The highest BCUT2D eigenvalue weighted by atomic mass is 16.2. The van der Waals surface area contributed by atoms with Crippen molar-refractivity contribution in [2.45, 2.75) is 13.3 Å². The number of hydrogen-bond donors (Lipinski definition) is 1. The third-order valence-electron chi connectivity index (χ3n) is 4.31. The molecule has 1 aliphatic heterocycles. The summed E-state index contributed by atoms with van der Waals surface area (Å²) in [5.41, 5.74) is 5.04. The predicted molar refractivity (Wildman–Crippen MR) is 84.9 cm³/mol. The number of aryl methyl sites for hydroxylation is 1. The number of anilines is 1. The van der Waals surface area contributed by atoms with Gasteiger partial charge in [-0.05, 0) is 36.6 Å². The van der Waals surface area contributed by atoms with E-state index in [4.69, 9.17) is 0 Å². The summed E-state index contributed by atoms with van der Waals surface area (Å²) in [6.45, 7) is 2.76. The van der Waals surface area contributed by atoms with Gasteiger partial charge in [0.05, 0.1) is 0 Å². The van der Waals surface area contributed by atoms with Crippen LogP contribution in [0.5, 0.6) is 0 Å². The number of hydrogen-bond acceptors (Lipinski definition) is 1. The van der Waals surface area contributed by atoms with Crippen molar-refractivity contribution in [1.82, 2.24) is 4.98 Å². The Labute approximate surface area is 123 Å². The van der Waals surface area contributed by atoms with Crippen LogP contribution in [0.25, 0.3) is 10.9 Å². The molecule has 0 saturated carbocycles. The molecule has 1 aliphatic rings. The van der Waals surface area contributed by atoms with Crippen LogP contribution in [0.4, 0.5) is 5.69 Å². The van der Waals surface area contributed by atoms with Crippen LogP contribution < -0.4 is 4.90 Å². The molecule has 0 atom stereocenters. The molecule has 0 bridgehead atoms. The molecule has 3 aromatic rings.